The molecule has 1 heterocycles. The van der Waals surface area contributed by atoms with Gasteiger partial charge in [-0.3, -0.25) is 0 Å². The predicted molar refractivity (Wildman–Crippen MR) is 51.8 cm³/mol. The number of rotatable bonds is 1. The molecule has 1 aromatic heterocycles. The first-order valence-corrected chi connectivity index (χ1v) is 4.30. The van der Waals surface area contributed by atoms with E-state index >= 15 is 0 Å². The summed E-state index contributed by atoms with van der Waals surface area (Å²) in [4.78, 5) is 14.2. The van der Waals surface area contributed by atoms with Crippen LogP contribution in [0.2, 0.25) is 0 Å². The summed E-state index contributed by atoms with van der Waals surface area (Å²) in [7, 11) is 1.37. The lowest BCUT2D eigenvalue weighted by atomic mass is 10.2. The molecule has 0 spiro atoms. The zero-order chi connectivity index (χ0) is 9.97. The second kappa shape index (κ2) is 3.46. The van der Waals surface area contributed by atoms with Gasteiger partial charge in [0.25, 0.3) is 0 Å². The van der Waals surface area contributed by atoms with Gasteiger partial charge in [-0.25, -0.2) is 9.78 Å². The molecular formula is C11H10NO2+. The summed E-state index contributed by atoms with van der Waals surface area (Å²) in [5, 5.41) is 0.996. The summed E-state index contributed by atoms with van der Waals surface area (Å²) in [6.45, 7) is 0. The van der Waals surface area contributed by atoms with Crippen molar-refractivity contribution in [2.75, 3.05) is 7.11 Å². The molecular weight excluding hydrogens is 178 g/mol. The van der Waals surface area contributed by atoms with Gasteiger partial charge in [0, 0.05) is 11.5 Å². The third-order valence-electron chi connectivity index (χ3n) is 2.08. The van der Waals surface area contributed by atoms with Gasteiger partial charge in [-0.1, -0.05) is 12.1 Å². The number of aromatic amines is 1. The van der Waals surface area contributed by atoms with E-state index in [1.807, 2.05) is 24.3 Å². The summed E-state index contributed by atoms with van der Waals surface area (Å²) < 4.78 is 4.63. The number of esters is 1. The first-order valence-electron chi connectivity index (χ1n) is 4.30. The lowest BCUT2D eigenvalue weighted by Gasteiger charge is -1.96. The smallest absolute Gasteiger partial charge is 0.343 e. The molecule has 14 heavy (non-hydrogen) atoms. The highest BCUT2D eigenvalue weighted by molar-refractivity contribution is 5.92. The molecule has 0 amide bonds. The van der Waals surface area contributed by atoms with Crippen molar-refractivity contribution in [3.8, 4) is 0 Å². The van der Waals surface area contributed by atoms with E-state index in [4.69, 9.17) is 0 Å². The van der Waals surface area contributed by atoms with Crippen LogP contribution < -0.4 is 4.98 Å². The highest BCUT2D eigenvalue weighted by atomic mass is 16.5. The fourth-order valence-corrected chi connectivity index (χ4v) is 1.35. The highest BCUT2D eigenvalue weighted by Gasteiger charge is 2.09. The number of carbonyl (C=O) groups is 1. The molecule has 1 aromatic carbocycles. The summed E-state index contributed by atoms with van der Waals surface area (Å²) in [5.41, 5.74) is 1.53. The lowest BCUT2D eigenvalue weighted by molar-refractivity contribution is -0.344. The summed E-state index contributed by atoms with van der Waals surface area (Å²) in [6.07, 6.45) is 1.65. The minimum atomic E-state index is -0.327. The molecule has 0 radical (unpaired) electrons. The molecule has 0 aliphatic rings. The van der Waals surface area contributed by atoms with Crippen molar-refractivity contribution in [1.29, 1.82) is 0 Å². The number of hydrogen-bond donors (Lipinski definition) is 0. The van der Waals surface area contributed by atoms with Crippen LogP contribution in [0.15, 0.2) is 36.5 Å². The number of benzene rings is 1. The molecule has 3 heteroatoms. The van der Waals surface area contributed by atoms with E-state index in [2.05, 4.69) is 9.72 Å². The number of pyridine rings is 1. The normalized spacial score (nSPS) is 10.1. The fraction of sp³-hybridized carbons (Fsp3) is 0.0909. The molecule has 70 valence electrons. The maximum atomic E-state index is 11.2. The monoisotopic (exact) mass is 188 g/mol. The third-order valence-corrected chi connectivity index (χ3v) is 2.08. The van der Waals surface area contributed by atoms with Crippen LogP contribution in [0.5, 0.6) is 0 Å². The first kappa shape index (κ1) is 8.69. The minimum Gasteiger partial charge on any atom is -0.465 e. The first-order chi connectivity index (χ1) is 6.81. The molecule has 2 rings (SSSR count). The predicted octanol–water partition coefficient (Wildman–Crippen LogP) is 1.44. The Morgan fingerprint density at radius 3 is 2.93 bits per heavy atom. The van der Waals surface area contributed by atoms with Crippen molar-refractivity contribution in [3.63, 3.8) is 0 Å². The quantitative estimate of drug-likeness (QED) is 0.635. The van der Waals surface area contributed by atoms with Gasteiger partial charge in [-0.2, -0.15) is 0 Å². The van der Waals surface area contributed by atoms with Gasteiger partial charge in [0.15, 0.2) is 6.20 Å². The largest absolute Gasteiger partial charge is 0.465 e. The Bertz CT molecular complexity index is 479. The molecule has 0 aliphatic carbocycles. The summed E-state index contributed by atoms with van der Waals surface area (Å²) in [6, 6.07) is 9.57. The SMILES string of the molecule is COC(=O)c1c[nH+]c2ccccc2c1. The molecule has 0 saturated carbocycles. The van der Waals surface area contributed by atoms with Crippen LogP contribution >= 0.6 is 0 Å². The van der Waals surface area contributed by atoms with Gasteiger partial charge in [0.1, 0.15) is 5.56 Å². The second-order valence-corrected chi connectivity index (χ2v) is 2.97. The zero-order valence-electron chi connectivity index (χ0n) is 7.78. The number of hydrogen-bond acceptors (Lipinski definition) is 2. The Hall–Kier alpha value is -1.90. The van der Waals surface area contributed by atoms with E-state index in [1.165, 1.54) is 7.11 Å². The van der Waals surface area contributed by atoms with Crippen molar-refractivity contribution in [2.45, 2.75) is 0 Å². The Morgan fingerprint density at radius 2 is 2.14 bits per heavy atom. The van der Waals surface area contributed by atoms with Crippen LogP contribution in [0, 0.1) is 0 Å². The third kappa shape index (κ3) is 1.44. The van der Waals surface area contributed by atoms with Crippen molar-refractivity contribution >= 4 is 16.9 Å². The van der Waals surface area contributed by atoms with Crippen molar-refractivity contribution in [1.82, 2.24) is 0 Å². The molecule has 3 nitrogen and oxygen atoms in total. The molecule has 0 saturated heterocycles. The van der Waals surface area contributed by atoms with Crippen molar-refractivity contribution in [2.24, 2.45) is 0 Å². The maximum absolute atomic E-state index is 11.2. The molecule has 0 bridgehead atoms. The Morgan fingerprint density at radius 1 is 1.36 bits per heavy atom. The van der Waals surface area contributed by atoms with E-state index in [9.17, 15) is 4.79 Å². The number of para-hydroxylation sites is 1. The summed E-state index contributed by atoms with van der Waals surface area (Å²) in [5.74, 6) is -0.327. The fourth-order valence-electron chi connectivity index (χ4n) is 1.35. The molecule has 1 N–H and O–H groups in total. The molecule has 0 fully saturated rings. The average molecular weight is 188 g/mol. The van der Waals surface area contributed by atoms with Crippen LogP contribution in [0.3, 0.4) is 0 Å². The maximum Gasteiger partial charge on any atom is 0.343 e. The van der Waals surface area contributed by atoms with E-state index in [0.717, 1.165) is 10.9 Å². The molecule has 0 aliphatic heterocycles. The van der Waals surface area contributed by atoms with E-state index in [-0.39, 0.29) is 5.97 Å². The number of carbonyl (C=O) groups excluding carboxylic acids is 1. The zero-order valence-corrected chi connectivity index (χ0v) is 7.78. The molecule has 0 atom stereocenters. The van der Waals surface area contributed by atoms with Crippen LogP contribution in [0.1, 0.15) is 10.4 Å². The van der Waals surface area contributed by atoms with Gasteiger partial charge >= 0.3 is 5.97 Å². The Balaban J connectivity index is 2.56. The van der Waals surface area contributed by atoms with E-state index in [0.29, 0.717) is 5.56 Å². The topological polar surface area (TPSA) is 40.4 Å². The summed E-state index contributed by atoms with van der Waals surface area (Å²) >= 11 is 0. The van der Waals surface area contributed by atoms with E-state index in [1.54, 1.807) is 12.3 Å². The number of aromatic nitrogens is 1. The van der Waals surface area contributed by atoms with Gasteiger partial charge in [-0.15, -0.1) is 0 Å². The van der Waals surface area contributed by atoms with Gasteiger partial charge in [0.2, 0.25) is 5.52 Å². The van der Waals surface area contributed by atoms with Crippen LogP contribution in [-0.2, 0) is 4.74 Å². The van der Waals surface area contributed by atoms with Gasteiger partial charge < -0.3 is 4.74 Å². The Kier molecular flexibility index (Phi) is 2.14. The van der Waals surface area contributed by atoms with Gasteiger partial charge in [0.05, 0.1) is 7.11 Å². The standard InChI is InChI=1S/C11H9NO2/c1-14-11(13)9-6-8-4-2-3-5-10(8)12-7-9/h2-7H,1H3/p+1. The minimum absolute atomic E-state index is 0.327. The highest BCUT2D eigenvalue weighted by Crippen LogP contribution is 2.10. The number of H-pyrrole nitrogens is 1. The van der Waals surface area contributed by atoms with Crippen LogP contribution in [0.25, 0.3) is 10.9 Å². The Labute approximate surface area is 81.3 Å². The molecule has 0 unspecified atom stereocenters. The van der Waals surface area contributed by atoms with Crippen LogP contribution in [0.4, 0.5) is 0 Å². The number of nitrogens with one attached hydrogen (secondary N) is 1. The van der Waals surface area contributed by atoms with Gasteiger partial charge in [-0.05, 0) is 12.1 Å². The average Bonchev–Trinajstić information content (AvgIpc) is 2.27. The number of methoxy groups -OCH3 is 1. The molecule has 2 aromatic rings. The van der Waals surface area contributed by atoms with Crippen molar-refractivity contribution in [3.05, 3.63) is 42.1 Å². The number of fused-ring (bicyclic) bond motifs is 1. The van der Waals surface area contributed by atoms with Crippen molar-refractivity contribution < 1.29 is 14.5 Å². The second-order valence-electron chi connectivity index (χ2n) is 2.97. The van der Waals surface area contributed by atoms with E-state index < -0.39 is 0 Å². The van der Waals surface area contributed by atoms with Crippen LogP contribution in [-0.4, -0.2) is 13.1 Å². The number of ether oxygens (including phenoxy) is 1. The lowest BCUT2D eigenvalue weighted by Crippen LogP contribution is -2.09.